The number of hydrogen-bond donors (Lipinski definition) is 1. The molecule has 1 aromatic rings. The first-order chi connectivity index (χ1) is 7.16. The highest BCUT2D eigenvalue weighted by Gasteiger charge is 2.14. The fourth-order valence-corrected chi connectivity index (χ4v) is 1.11. The van der Waals surface area contributed by atoms with Gasteiger partial charge in [-0.25, -0.2) is 4.79 Å². The molecule has 0 aliphatic carbocycles. The van der Waals surface area contributed by atoms with Crippen molar-refractivity contribution in [3.8, 4) is 0 Å². The van der Waals surface area contributed by atoms with E-state index in [-0.39, 0.29) is 5.56 Å². The van der Waals surface area contributed by atoms with Gasteiger partial charge in [-0.3, -0.25) is 0 Å². The number of aromatic nitrogens is 2. The fraction of sp³-hybridized carbons (Fsp3) is 0.444. The smallest absolute Gasteiger partial charge is 0.339 e. The van der Waals surface area contributed by atoms with Gasteiger partial charge in [-0.2, -0.15) is 5.10 Å². The number of carboxylic acid groups (broad SMARTS) is 1. The van der Waals surface area contributed by atoms with E-state index in [1.165, 1.54) is 12.3 Å². The molecule has 0 aliphatic rings. The van der Waals surface area contributed by atoms with Crippen molar-refractivity contribution in [3.63, 3.8) is 0 Å². The van der Waals surface area contributed by atoms with Crippen molar-refractivity contribution in [1.82, 2.24) is 10.2 Å². The maximum Gasteiger partial charge on any atom is 0.339 e. The SMILES string of the molecule is COCCN(C)c1nnccc1C(=O)O. The minimum atomic E-state index is -1.01. The van der Waals surface area contributed by atoms with E-state index in [4.69, 9.17) is 9.84 Å². The van der Waals surface area contributed by atoms with E-state index in [1.807, 2.05) is 0 Å². The number of carboxylic acids is 1. The van der Waals surface area contributed by atoms with E-state index >= 15 is 0 Å². The van der Waals surface area contributed by atoms with E-state index in [0.29, 0.717) is 19.0 Å². The van der Waals surface area contributed by atoms with Crippen LogP contribution < -0.4 is 4.90 Å². The molecule has 0 bridgehead atoms. The first-order valence-corrected chi connectivity index (χ1v) is 4.42. The second-order valence-electron chi connectivity index (χ2n) is 2.99. The molecule has 6 heteroatoms. The Morgan fingerprint density at radius 1 is 1.67 bits per heavy atom. The molecule has 0 radical (unpaired) electrons. The number of anilines is 1. The number of methoxy groups -OCH3 is 1. The molecule has 0 spiro atoms. The van der Waals surface area contributed by atoms with E-state index in [2.05, 4.69) is 10.2 Å². The van der Waals surface area contributed by atoms with E-state index < -0.39 is 5.97 Å². The van der Waals surface area contributed by atoms with Crippen molar-refractivity contribution >= 4 is 11.8 Å². The summed E-state index contributed by atoms with van der Waals surface area (Å²) in [5.74, 6) is -0.661. The molecule has 0 atom stereocenters. The van der Waals surface area contributed by atoms with Gasteiger partial charge in [0, 0.05) is 20.7 Å². The van der Waals surface area contributed by atoms with Crippen LogP contribution in [0.25, 0.3) is 0 Å². The Labute approximate surface area is 87.5 Å². The third-order valence-corrected chi connectivity index (χ3v) is 1.92. The molecule has 1 rings (SSSR count). The van der Waals surface area contributed by atoms with Gasteiger partial charge in [0.25, 0.3) is 0 Å². The van der Waals surface area contributed by atoms with Crippen molar-refractivity contribution in [3.05, 3.63) is 17.8 Å². The second-order valence-corrected chi connectivity index (χ2v) is 2.99. The van der Waals surface area contributed by atoms with Gasteiger partial charge in [-0.15, -0.1) is 5.10 Å². The van der Waals surface area contributed by atoms with Gasteiger partial charge in [0.05, 0.1) is 12.8 Å². The Bertz CT molecular complexity index is 343. The number of likely N-dealkylation sites (N-methyl/N-ethyl adjacent to an activating group) is 1. The Balaban J connectivity index is 2.87. The molecule has 1 heterocycles. The molecule has 0 amide bonds. The number of carbonyl (C=O) groups is 1. The first-order valence-electron chi connectivity index (χ1n) is 4.42. The third-order valence-electron chi connectivity index (χ3n) is 1.92. The fourth-order valence-electron chi connectivity index (χ4n) is 1.11. The number of aromatic carboxylic acids is 1. The summed E-state index contributed by atoms with van der Waals surface area (Å²) in [6.45, 7) is 1.07. The van der Waals surface area contributed by atoms with Crippen LogP contribution in [0.5, 0.6) is 0 Å². The molecule has 15 heavy (non-hydrogen) atoms. The highest BCUT2D eigenvalue weighted by Crippen LogP contribution is 2.13. The van der Waals surface area contributed by atoms with Crippen LogP contribution in [-0.4, -0.2) is 48.6 Å². The lowest BCUT2D eigenvalue weighted by Gasteiger charge is -2.18. The summed E-state index contributed by atoms with van der Waals surface area (Å²) in [4.78, 5) is 12.6. The Kier molecular flexibility index (Phi) is 3.99. The Morgan fingerprint density at radius 3 is 3.00 bits per heavy atom. The molecule has 0 fully saturated rings. The van der Waals surface area contributed by atoms with Crippen LogP contribution in [0.1, 0.15) is 10.4 Å². The van der Waals surface area contributed by atoms with Crippen LogP contribution in [0.3, 0.4) is 0 Å². The summed E-state index contributed by atoms with van der Waals surface area (Å²) in [6, 6.07) is 1.42. The van der Waals surface area contributed by atoms with E-state index in [1.54, 1.807) is 19.1 Å². The average molecular weight is 211 g/mol. The summed E-state index contributed by atoms with van der Waals surface area (Å²) >= 11 is 0. The number of nitrogens with zero attached hydrogens (tertiary/aromatic N) is 3. The van der Waals surface area contributed by atoms with Gasteiger partial charge >= 0.3 is 5.97 Å². The van der Waals surface area contributed by atoms with Crippen molar-refractivity contribution < 1.29 is 14.6 Å². The van der Waals surface area contributed by atoms with Crippen LogP contribution >= 0.6 is 0 Å². The molecule has 0 unspecified atom stereocenters. The zero-order chi connectivity index (χ0) is 11.3. The summed E-state index contributed by atoms with van der Waals surface area (Å²) in [6.07, 6.45) is 1.36. The zero-order valence-corrected chi connectivity index (χ0v) is 8.67. The quantitative estimate of drug-likeness (QED) is 0.752. The molecule has 0 saturated heterocycles. The molecular weight excluding hydrogens is 198 g/mol. The highest BCUT2D eigenvalue weighted by atomic mass is 16.5. The molecule has 1 aromatic heterocycles. The lowest BCUT2D eigenvalue weighted by molar-refractivity contribution is 0.0697. The number of ether oxygens (including phenoxy) is 1. The lowest BCUT2D eigenvalue weighted by atomic mass is 10.2. The Hall–Kier alpha value is -1.69. The van der Waals surface area contributed by atoms with Gasteiger partial charge in [0.2, 0.25) is 0 Å². The molecular formula is C9H13N3O3. The number of hydrogen-bond acceptors (Lipinski definition) is 5. The second kappa shape index (κ2) is 5.26. The minimum absolute atomic E-state index is 0.142. The van der Waals surface area contributed by atoms with Crippen LogP contribution in [0, 0.1) is 0 Å². The molecule has 0 aliphatic heterocycles. The third kappa shape index (κ3) is 2.88. The van der Waals surface area contributed by atoms with Crippen LogP contribution in [-0.2, 0) is 4.74 Å². The summed E-state index contributed by atoms with van der Waals surface area (Å²) in [5, 5.41) is 16.4. The minimum Gasteiger partial charge on any atom is -0.478 e. The number of rotatable bonds is 5. The predicted molar refractivity (Wildman–Crippen MR) is 54.1 cm³/mol. The monoisotopic (exact) mass is 211 g/mol. The van der Waals surface area contributed by atoms with E-state index in [9.17, 15) is 4.79 Å². The van der Waals surface area contributed by atoms with Crippen LogP contribution in [0.15, 0.2) is 12.3 Å². The van der Waals surface area contributed by atoms with Crippen LogP contribution in [0.2, 0.25) is 0 Å². The summed E-state index contributed by atoms with van der Waals surface area (Å²) < 4.78 is 4.90. The molecule has 0 aromatic carbocycles. The van der Waals surface area contributed by atoms with Gasteiger partial charge in [0.1, 0.15) is 5.56 Å². The highest BCUT2D eigenvalue weighted by molar-refractivity contribution is 5.92. The Morgan fingerprint density at radius 2 is 2.40 bits per heavy atom. The van der Waals surface area contributed by atoms with Crippen molar-refractivity contribution in [2.75, 3.05) is 32.2 Å². The largest absolute Gasteiger partial charge is 0.478 e. The van der Waals surface area contributed by atoms with E-state index in [0.717, 1.165) is 0 Å². The predicted octanol–water partition coefficient (Wildman–Crippen LogP) is 0.257. The summed E-state index contributed by atoms with van der Waals surface area (Å²) in [5.41, 5.74) is 0.142. The first kappa shape index (κ1) is 11.4. The summed E-state index contributed by atoms with van der Waals surface area (Å²) in [7, 11) is 3.33. The van der Waals surface area contributed by atoms with Crippen LogP contribution in [0.4, 0.5) is 5.82 Å². The van der Waals surface area contributed by atoms with Gasteiger partial charge in [0.15, 0.2) is 5.82 Å². The lowest BCUT2D eigenvalue weighted by Crippen LogP contribution is -2.25. The maximum atomic E-state index is 10.9. The standard InChI is InChI=1S/C9H13N3O3/c1-12(5-6-15-2)8-7(9(13)14)3-4-10-11-8/h3-4H,5-6H2,1-2H3,(H,13,14). The van der Waals surface area contributed by atoms with Gasteiger partial charge < -0.3 is 14.7 Å². The van der Waals surface area contributed by atoms with Crippen molar-refractivity contribution in [2.24, 2.45) is 0 Å². The normalized spacial score (nSPS) is 10.0. The molecule has 82 valence electrons. The van der Waals surface area contributed by atoms with Gasteiger partial charge in [-0.1, -0.05) is 0 Å². The molecule has 1 N–H and O–H groups in total. The topological polar surface area (TPSA) is 75.5 Å². The van der Waals surface area contributed by atoms with Crippen molar-refractivity contribution in [2.45, 2.75) is 0 Å². The molecule has 6 nitrogen and oxygen atoms in total. The average Bonchev–Trinajstić information content (AvgIpc) is 2.25. The molecule has 0 saturated carbocycles. The zero-order valence-electron chi connectivity index (χ0n) is 8.67. The maximum absolute atomic E-state index is 10.9. The van der Waals surface area contributed by atoms with Crippen molar-refractivity contribution in [1.29, 1.82) is 0 Å². The van der Waals surface area contributed by atoms with Gasteiger partial charge in [-0.05, 0) is 6.07 Å².